The van der Waals surface area contributed by atoms with Crippen LogP contribution < -0.4 is 5.32 Å². The van der Waals surface area contributed by atoms with Gasteiger partial charge in [-0.1, -0.05) is 33.2 Å². The van der Waals surface area contributed by atoms with E-state index in [4.69, 9.17) is 5.53 Å². The van der Waals surface area contributed by atoms with Crippen molar-refractivity contribution < 1.29 is 4.79 Å². The van der Waals surface area contributed by atoms with E-state index in [1.54, 1.807) is 6.07 Å². The van der Waals surface area contributed by atoms with Crippen molar-refractivity contribution >= 4 is 33.2 Å². The molecule has 108 valence electrons. The second-order valence-corrected chi connectivity index (χ2v) is 6.37. The first-order chi connectivity index (χ1) is 10.2. The summed E-state index contributed by atoms with van der Waals surface area (Å²) in [6.45, 7) is 0.872. The molecule has 21 heavy (non-hydrogen) atoms. The molecule has 1 N–H and O–H groups in total. The first kappa shape index (κ1) is 15.6. The Morgan fingerprint density at radius 1 is 1.29 bits per heavy atom. The van der Waals surface area contributed by atoms with Crippen molar-refractivity contribution in [1.29, 1.82) is 0 Å². The van der Waals surface area contributed by atoms with Gasteiger partial charge in [0.2, 0.25) is 0 Å². The Hall–Kier alpha value is -1.82. The van der Waals surface area contributed by atoms with E-state index in [0.29, 0.717) is 11.4 Å². The minimum Gasteiger partial charge on any atom is -0.351 e. The fourth-order valence-electron chi connectivity index (χ4n) is 1.74. The molecule has 2 rings (SSSR count). The first-order valence-electron chi connectivity index (χ1n) is 6.31. The van der Waals surface area contributed by atoms with Gasteiger partial charge in [0.25, 0.3) is 5.91 Å². The average Bonchev–Trinajstić information content (AvgIpc) is 2.96. The maximum Gasteiger partial charge on any atom is 0.261 e. The van der Waals surface area contributed by atoms with E-state index in [1.807, 2.05) is 30.3 Å². The lowest BCUT2D eigenvalue weighted by Crippen LogP contribution is -2.24. The van der Waals surface area contributed by atoms with Crippen LogP contribution in [0.25, 0.3) is 10.4 Å². The van der Waals surface area contributed by atoms with Crippen molar-refractivity contribution in [2.75, 3.05) is 6.54 Å². The molecule has 5 nitrogen and oxygen atoms in total. The number of nitrogens with one attached hydrogen (secondary N) is 1. The normalized spacial score (nSPS) is 9.95. The lowest BCUT2D eigenvalue weighted by atomic mass is 10.1. The van der Waals surface area contributed by atoms with Crippen LogP contribution in [0, 0.1) is 0 Å². The highest BCUT2D eigenvalue weighted by molar-refractivity contribution is 9.10. The van der Waals surface area contributed by atoms with Gasteiger partial charge in [-0.05, 0) is 41.8 Å². The van der Waals surface area contributed by atoms with E-state index in [0.717, 1.165) is 15.8 Å². The Balaban J connectivity index is 1.82. The van der Waals surface area contributed by atoms with Gasteiger partial charge in [-0.3, -0.25) is 4.79 Å². The van der Waals surface area contributed by atoms with Crippen molar-refractivity contribution in [3.05, 3.63) is 66.6 Å². The molecular formula is C14H13BrN4OS. The molecule has 0 saturated heterocycles. The van der Waals surface area contributed by atoms with Gasteiger partial charge in [0.1, 0.15) is 0 Å². The van der Waals surface area contributed by atoms with Crippen LogP contribution in [0.4, 0.5) is 0 Å². The number of hydrogen-bond donors (Lipinski definition) is 1. The number of nitrogens with zero attached hydrogens (tertiary/aromatic N) is 3. The summed E-state index contributed by atoms with van der Waals surface area (Å²) < 4.78 is 1.04. The van der Waals surface area contributed by atoms with Gasteiger partial charge in [-0.25, -0.2) is 0 Å². The summed E-state index contributed by atoms with van der Waals surface area (Å²) in [4.78, 5) is 16.2. The van der Waals surface area contributed by atoms with Crippen LogP contribution in [0.15, 0.2) is 46.0 Å². The number of rotatable bonds is 6. The van der Waals surface area contributed by atoms with E-state index < -0.39 is 0 Å². The minimum atomic E-state index is -0.0932. The molecule has 2 aromatic rings. The van der Waals surface area contributed by atoms with Crippen LogP contribution in [0.1, 0.15) is 20.1 Å². The highest BCUT2D eigenvalue weighted by atomic mass is 79.9. The zero-order valence-electron chi connectivity index (χ0n) is 11.1. The number of carbonyl (C=O) groups excluding carboxylic acids is 1. The number of azide groups is 1. The molecule has 1 aromatic carbocycles. The van der Waals surface area contributed by atoms with Crippen LogP contribution in [0.3, 0.4) is 0 Å². The van der Waals surface area contributed by atoms with Crippen molar-refractivity contribution in [1.82, 2.24) is 5.32 Å². The van der Waals surface area contributed by atoms with Crippen molar-refractivity contribution in [2.24, 2.45) is 5.11 Å². The molecule has 0 atom stereocenters. The molecule has 0 aliphatic carbocycles. The zero-order valence-corrected chi connectivity index (χ0v) is 13.5. The Morgan fingerprint density at radius 3 is 2.76 bits per heavy atom. The standard InChI is InChI=1S/C14H13BrN4OS/c15-11-3-1-10(2-4-11)7-8-17-14(20)13-6-5-12(21-13)9-18-19-16/h1-6H,7-9H2,(H,17,20). The molecule has 0 radical (unpaired) electrons. The SMILES string of the molecule is [N-]=[N+]=NCc1ccc(C(=O)NCCc2ccc(Br)cc2)s1. The van der Waals surface area contributed by atoms with E-state index in [2.05, 4.69) is 31.3 Å². The van der Waals surface area contributed by atoms with Crippen LogP contribution >= 0.6 is 27.3 Å². The number of benzene rings is 1. The van der Waals surface area contributed by atoms with Crippen molar-refractivity contribution in [2.45, 2.75) is 13.0 Å². The summed E-state index contributed by atoms with van der Waals surface area (Å²) in [5, 5.41) is 6.37. The van der Waals surface area contributed by atoms with Gasteiger partial charge in [0.15, 0.2) is 0 Å². The largest absolute Gasteiger partial charge is 0.351 e. The minimum absolute atomic E-state index is 0.0932. The maximum atomic E-state index is 12.0. The van der Waals surface area contributed by atoms with E-state index >= 15 is 0 Å². The number of thiophene rings is 1. The molecule has 0 unspecified atom stereocenters. The quantitative estimate of drug-likeness (QED) is 0.463. The predicted molar refractivity (Wildman–Crippen MR) is 87.3 cm³/mol. The number of hydrogen-bond acceptors (Lipinski definition) is 3. The predicted octanol–water partition coefficient (Wildman–Crippen LogP) is 4.29. The third kappa shape index (κ3) is 4.90. The number of carbonyl (C=O) groups is 1. The van der Waals surface area contributed by atoms with Crippen LogP contribution in [-0.2, 0) is 13.0 Å². The van der Waals surface area contributed by atoms with Gasteiger partial charge in [-0.2, -0.15) is 0 Å². The summed E-state index contributed by atoms with van der Waals surface area (Å²) in [6.07, 6.45) is 0.788. The third-order valence-corrected chi connectivity index (χ3v) is 4.39. The fraction of sp³-hybridized carbons (Fsp3) is 0.214. The molecule has 1 aromatic heterocycles. The molecule has 0 aliphatic rings. The summed E-state index contributed by atoms with van der Waals surface area (Å²) >= 11 is 4.74. The second kappa shape index (κ2) is 7.83. The topological polar surface area (TPSA) is 77.9 Å². The molecule has 0 aliphatic heterocycles. The van der Waals surface area contributed by atoms with E-state index in [1.165, 1.54) is 16.9 Å². The molecule has 7 heteroatoms. The van der Waals surface area contributed by atoms with E-state index in [-0.39, 0.29) is 12.5 Å². The van der Waals surface area contributed by atoms with Gasteiger partial charge in [-0.15, -0.1) is 11.3 Å². The molecule has 0 fully saturated rings. The van der Waals surface area contributed by atoms with Crippen LogP contribution in [-0.4, -0.2) is 12.5 Å². The molecule has 0 saturated carbocycles. The molecule has 0 spiro atoms. The Labute approximate surface area is 134 Å². The summed E-state index contributed by atoms with van der Waals surface area (Å²) in [7, 11) is 0. The summed E-state index contributed by atoms with van der Waals surface area (Å²) in [5.74, 6) is -0.0932. The van der Waals surface area contributed by atoms with Crippen molar-refractivity contribution in [3.8, 4) is 0 Å². The van der Waals surface area contributed by atoms with Gasteiger partial charge in [0.05, 0.1) is 11.4 Å². The van der Waals surface area contributed by atoms with Crippen molar-refractivity contribution in [3.63, 3.8) is 0 Å². The smallest absolute Gasteiger partial charge is 0.261 e. The third-order valence-electron chi connectivity index (χ3n) is 2.79. The zero-order chi connectivity index (χ0) is 15.1. The summed E-state index contributed by atoms with van der Waals surface area (Å²) in [6, 6.07) is 11.6. The van der Waals surface area contributed by atoms with Gasteiger partial charge in [0, 0.05) is 20.8 Å². The molecular weight excluding hydrogens is 352 g/mol. The Morgan fingerprint density at radius 2 is 2.05 bits per heavy atom. The van der Waals surface area contributed by atoms with Crippen LogP contribution in [0.5, 0.6) is 0 Å². The lowest BCUT2D eigenvalue weighted by molar-refractivity contribution is 0.0958. The highest BCUT2D eigenvalue weighted by Gasteiger charge is 2.08. The Bertz CT molecular complexity index is 662. The number of halogens is 1. The molecule has 1 amide bonds. The van der Waals surface area contributed by atoms with Gasteiger partial charge < -0.3 is 5.32 Å². The Kier molecular flexibility index (Phi) is 5.80. The number of amides is 1. The summed E-state index contributed by atoms with van der Waals surface area (Å²) in [5.41, 5.74) is 9.44. The second-order valence-electron chi connectivity index (χ2n) is 4.29. The molecule has 0 bridgehead atoms. The maximum absolute atomic E-state index is 12.0. The molecule has 1 heterocycles. The average molecular weight is 365 g/mol. The lowest BCUT2D eigenvalue weighted by Gasteiger charge is -2.04. The van der Waals surface area contributed by atoms with E-state index in [9.17, 15) is 4.79 Å². The van der Waals surface area contributed by atoms with Gasteiger partial charge >= 0.3 is 0 Å². The first-order valence-corrected chi connectivity index (χ1v) is 7.92. The highest BCUT2D eigenvalue weighted by Crippen LogP contribution is 2.17. The van der Waals surface area contributed by atoms with Crippen LogP contribution in [0.2, 0.25) is 0 Å². The fourth-order valence-corrected chi connectivity index (χ4v) is 2.85. The monoisotopic (exact) mass is 364 g/mol.